The molecule has 0 fully saturated rings. The monoisotopic (exact) mass is 312 g/mol. The summed E-state index contributed by atoms with van der Waals surface area (Å²) in [5.74, 6) is 0.0411. The molecule has 8 heteroatoms. The van der Waals surface area contributed by atoms with E-state index in [1.807, 2.05) is 13.0 Å². The van der Waals surface area contributed by atoms with Gasteiger partial charge in [-0.05, 0) is 23.9 Å². The number of benzene rings is 1. The van der Waals surface area contributed by atoms with Crippen LogP contribution in [0.5, 0.6) is 0 Å². The molecular formula is C15H16N6O2. The Balaban J connectivity index is 1.89. The smallest absolute Gasteiger partial charge is 0.268 e. The average molecular weight is 312 g/mol. The maximum absolute atomic E-state index is 12.5. The minimum Gasteiger partial charge on any atom is -0.341 e. The lowest BCUT2D eigenvalue weighted by Gasteiger charge is -2.14. The molecule has 0 aliphatic heterocycles. The number of tetrazole rings is 1. The minimum absolute atomic E-state index is 0.207. The van der Waals surface area contributed by atoms with Crippen LogP contribution in [-0.4, -0.2) is 31.5 Å². The van der Waals surface area contributed by atoms with Crippen molar-refractivity contribution < 1.29 is 4.79 Å². The highest BCUT2D eigenvalue weighted by molar-refractivity contribution is 5.96. The van der Waals surface area contributed by atoms with E-state index < -0.39 is 0 Å². The first-order chi connectivity index (χ1) is 11.2. The summed E-state index contributed by atoms with van der Waals surface area (Å²) in [4.78, 5) is 27.1. The van der Waals surface area contributed by atoms with Gasteiger partial charge in [0.05, 0.1) is 6.04 Å². The highest BCUT2D eigenvalue weighted by atomic mass is 16.2. The lowest BCUT2D eigenvalue weighted by atomic mass is 10.1. The molecule has 3 aromatic rings. The molecule has 3 rings (SSSR count). The molecule has 8 nitrogen and oxygen atoms in total. The van der Waals surface area contributed by atoms with Crippen molar-refractivity contribution in [3.63, 3.8) is 0 Å². The van der Waals surface area contributed by atoms with Gasteiger partial charge in [-0.2, -0.15) is 5.21 Å². The first-order valence-electron chi connectivity index (χ1n) is 7.35. The standard InChI is InChI=1S/C15H16N6O2/c1-2-5-11(13-18-20-21-19-13)16-15(23)12-8-9-6-3-4-7-10(9)14(22)17-12/h3-4,6-8,11H,2,5H2,1H3,(H,16,23)(H,17,22)(H,18,19,20,21)/t11-/m1/s1. The number of aromatic nitrogens is 5. The maximum atomic E-state index is 12.5. The molecule has 0 bridgehead atoms. The Hall–Kier alpha value is -3.03. The number of hydrogen-bond acceptors (Lipinski definition) is 5. The van der Waals surface area contributed by atoms with Crippen molar-refractivity contribution in [1.82, 2.24) is 30.9 Å². The summed E-state index contributed by atoms with van der Waals surface area (Å²) in [5, 5.41) is 17.8. The van der Waals surface area contributed by atoms with E-state index in [1.54, 1.807) is 24.3 Å². The van der Waals surface area contributed by atoms with E-state index in [9.17, 15) is 9.59 Å². The third-order valence-corrected chi connectivity index (χ3v) is 3.55. The van der Waals surface area contributed by atoms with E-state index in [0.29, 0.717) is 23.0 Å². The second-order valence-corrected chi connectivity index (χ2v) is 5.18. The molecular weight excluding hydrogens is 296 g/mol. The third-order valence-electron chi connectivity index (χ3n) is 3.55. The summed E-state index contributed by atoms with van der Waals surface area (Å²) < 4.78 is 0. The van der Waals surface area contributed by atoms with Crippen LogP contribution in [0.2, 0.25) is 0 Å². The van der Waals surface area contributed by atoms with Gasteiger partial charge in [-0.1, -0.05) is 36.8 Å². The molecule has 118 valence electrons. The number of nitrogens with one attached hydrogen (secondary N) is 3. The maximum Gasteiger partial charge on any atom is 0.268 e. The lowest BCUT2D eigenvalue weighted by molar-refractivity contribution is 0.0927. The van der Waals surface area contributed by atoms with Crippen LogP contribution in [-0.2, 0) is 0 Å². The van der Waals surface area contributed by atoms with Crippen LogP contribution in [0.4, 0.5) is 0 Å². The highest BCUT2D eigenvalue weighted by Gasteiger charge is 2.19. The zero-order valence-corrected chi connectivity index (χ0v) is 12.5. The number of carbonyl (C=O) groups is 1. The predicted octanol–water partition coefficient (Wildman–Crippen LogP) is 1.31. The van der Waals surface area contributed by atoms with E-state index in [4.69, 9.17) is 0 Å². The Morgan fingerprint density at radius 1 is 1.35 bits per heavy atom. The largest absolute Gasteiger partial charge is 0.341 e. The van der Waals surface area contributed by atoms with Gasteiger partial charge in [0.15, 0.2) is 5.82 Å². The summed E-state index contributed by atoms with van der Waals surface area (Å²) in [6, 6.07) is 8.42. The second-order valence-electron chi connectivity index (χ2n) is 5.18. The van der Waals surface area contributed by atoms with Crippen molar-refractivity contribution in [2.24, 2.45) is 0 Å². The van der Waals surface area contributed by atoms with Crippen LogP contribution in [0.3, 0.4) is 0 Å². The number of hydrogen-bond donors (Lipinski definition) is 3. The van der Waals surface area contributed by atoms with Gasteiger partial charge in [0.25, 0.3) is 11.5 Å². The average Bonchev–Trinajstić information content (AvgIpc) is 3.08. The van der Waals surface area contributed by atoms with Gasteiger partial charge >= 0.3 is 0 Å². The van der Waals surface area contributed by atoms with E-state index >= 15 is 0 Å². The molecule has 0 radical (unpaired) electrons. The van der Waals surface area contributed by atoms with Crippen molar-refractivity contribution in [3.05, 3.63) is 52.2 Å². The second kappa shape index (κ2) is 6.39. The molecule has 23 heavy (non-hydrogen) atoms. The summed E-state index contributed by atoms with van der Waals surface area (Å²) in [5.41, 5.74) is -0.0850. The summed E-state index contributed by atoms with van der Waals surface area (Å²) in [7, 11) is 0. The topological polar surface area (TPSA) is 116 Å². The fourth-order valence-corrected chi connectivity index (χ4v) is 2.44. The number of amides is 1. The molecule has 2 aromatic heterocycles. The van der Waals surface area contributed by atoms with Gasteiger partial charge in [0, 0.05) is 5.39 Å². The van der Waals surface area contributed by atoms with E-state index in [1.165, 1.54) is 0 Å². The molecule has 0 aliphatic carbocycles. The third kappa shape index (κ3) is 3.10. The van der Waals surface area contributed by atoms with Gasteiger partial charge in [-0.15, -0.1) is 10.2 Å². The Morgan fingerprint density at radius 3 is 2.91 bits per heavy atom. The van der Waals surface area contributed by atoms with Crippen LogP contribution in [0.1, 0.15) is 42.1 Å². The molecule has 0 unspecified atom stereocenters. The molecule has 1 atom stereocenters. The molecule has 0 spiro atoms. The van der Waals surface area contributed by atoms with Crippen molar-refractivity contribution in [2.45, 2.75) is 25.8 Å². The molecule has 0 saturated carbocycles. The Kier molecular flexibility index (Phi) is 4.13. The van der Waals surface area contributed by atoms with Crippen LogP contribution in [0, 0.1) is 0 Å². The van der Waals surface area contributed by atoms with E-state index in [2.05, 4.69) is 30.9 Å². The zero-order valence-electron chi connectivity index (χ0n) is 12.5. The first-order valence-corrected chi connectivity index (χ1v) is 7.35. The number of fused-ring (bicyclic) bond motifs is 1. The van der Waals surface area contributed by atoms with E-state index in [-0.39, 0.29) is 23.2 Å². The number of carbonyl (C=O) groups excluding carboxylic acids is 1. The highest BCUT2D eigenvalue weighted by Crippen LogP contribution is 2.15. The molecule has 3 N–H and O–H groups in total. The number of rotatable bonds is 5. The van der Waals surface area contributed by atoms with Crippen LogP contribution < -0.4 is 10.9 Å². The van der Waals surface area contributed by atoms with Crippen molar-refractivity contribution in [3.8, 4) is 0 Å². The van der Waals surface area contributed by atoms with Crippen molar-refractivity contribution in [2.75, 3.05) is 0 Å². The van der Waals surface area contributed by atoms with Crippen LogP contribution >= 0.6 is 0 Å². The first kappa shape index (κ1) is 14.9. The van der Waals surface area contributed by atoms with Gasteiger partial charge in [0.2, 0.25) is 0 Å². The number of pyridine rings is 1. The lowest BCUT2D eigenvalue weighted by Crippen LogP contribution is -2.31. The Labute approximate surface area is 131 Å². The van der Waals surface area contributed by atoms with Gasteiger partial charge in [0.1, 0.15) is 5.69 Å². The SMILES string of the molecule is CCC[C@@H](NC(=O)c1cc2ccccc2c(=O)[nH]1)c1nn[nH]n1. The molecule has 1 amide bonds. The normalized spacial score (nSPS) is 12.2. The Morgan fingerprint density at radius 2 is 2.17 bits per heavy atom. The summed E-state index contributed by atoms with van der Waals surface area (Å²) >= 11 is 0. The van der Waals surface area contributed by atoms with Crippen molar-refractivity contribution >= 4 is 16.7 Å². The number of H-pyrrole nitrogens is 2. The molecule has 2 heterocycles. The van der Waals surface area contributed by atoms with Crippen molar-refractivity contribution in [1.29, 1.82) is 0 Å². The van der Waals surface area contributed by atoms with Gasteiger partial charge in [-0.25, -0.2) is 0 Å². The van der Waals surface area contributed by atoms with E-state index in [0.717, 1.165) is 6.42 Å². The quantitative estimate of drug-likeness (QED) is 0.657. The molecule has 0 saturated heterocycles. The molecule has 1 aromatic carbocycles. The fourth-order valence-electron chi connectivity index (χ4n) is 2.44. The fraction of sp³-hybridized carbons (Fsp3) is 0.267. The summed E-state index contributed by atoms with van der Waals surface area (Å²) in [6.45, 7) is 2.00. The zero-order chi connectivity index (χ0) is 16.2. The van der Waals surface area contributed by atoms with Gasteiger partial charge < -0.3 is 10.3 Å². The van der Waals surface area contributed by atoms with Crippen LogP contribution in [0.25, 0.3) is 10.8 Å². The Bertz CT molecular complexity index is 871. The number of aromatic amines is 2. The van der Waals surface area contributed by atoms with Crippen LogP contribution in [0.15, 0.2) is 35.1 Å². The molecule has 0 aliphatic rings. The minimum atomic E-state index is -0.379. The summed E-state index contributed by atoms with van der Waals surface area (Å²) in [6.07, 6.45) is 1.51. The van der Waals surface area contributed by atoms with Gasteiger partial charge in [-0.3, -0.25) is 9.59 Å². The predicted molar refractivity (Wildman–Crippen MR) is 83.9 cm³/mol. The number of nitrogens with zero attached hydrogens (tertiary/aromatic N) is 3.